The molecule has 1 aromatic carbocycles. The monoisotopic (exact) mass is 295 g/mol. The van der Waals surface area contributed by atoms with Crippen molar-refractivity contribution in [2.24, 2.45) is 11.7 Å². The van der Waals surface area contributed by atoms with Gasteiger partial charge in [-0.1, -0.05) is 33.8 Å². The number of rotatable bonds is 8. The van der Waals surface area contributed by atoms with Crippen molar-refractivity contribution in [3.63, 3.8) is 0 Å². The number of halogens is 1. The van der Waals surface area contributed by atoms with Crippen LogP contribution in [0.5, 0.6) is 0 Å². The predicted molar refractivity (Wildman–Crippen MR) is 84.6 cm³/mol. The zero-order valence-electron chi connectivity index (χ0n) is 13.3. The Kier molecular flexibility index (Phi) is 6.62. The highest BCUT2D eigenvalue weighted by Gasteiger charge is 2.17. The van der Waals surface area contributed by atoms with Crippen LogP contribution in [0.3, 0.4) is 0 Å². The van der Waals surface area contributed by atoms with Gasteiger partial charge in [0.25, 0.3) is 0 Å². The summed E-state index contributed by atoms with van der Waals surface area (Å²) >= 11 is 0. The van der Waals surface area contributed by atoms with E-state index >= 15 is 0 Å². The fraction of sp³-hybridized carbons (Fsp3) is 0.562. The summed E-state index contributed by atoms with van der Waals surface area (Å²) in [5.74, 6) is -0.333. The van der Waals surface area contributed by atoms with Gasteiger partial charge in [-0.25, -0.2) is 4.39 Å². The quantitative estimate of drug-likeness (QED) is 0.773. The number of carbonyl (C=O) groups excluding carboxylic acids is 1. The molecule has 0 heterocycles. The lowest BCUT2D eigenvalue weighted by Crippen LogP contribution is -2.37. The van der Waals surface area contributed by atoms with E-state index in [1.54, 1.807) is 6.07 Å². The highest BCUT2D eigenvalue weighted by atomic mass is 19.1. The van der Waals surface area contributed by atoms with Crippen molar-refractivity contribution >= 4 is 11.6 Å². The van der Waals surface area contributed by atoms with Crippen LogP contribution in [0.15, 0.2) is 18.2 Å². The molecule has 0 aliphatic carbocycles. The van der Waals surface area contributed by atoms with Gasteiger partial charge in [0.2, 0.25) is 5.91 Å². The fourth-order valence-corrected chi connectivity index (χ4v) is 2.20. The molecule has 0 aliphatic rings. The molecule has 0 bridgehead atoms. The summed E-state index contributed by atoms with van der Waals surface area (Å²) in [5.41, 5.74) is 6.64. The van der Waals surface area contributed by atoms with Crippen molar-refractivity contribution in [3.05, 3.63) is 29.6 Å². The highest BCUT2D eigenvalue weighted by Crippen LogP contribution is 2.24. The lowest BCUT2D eigenvalue weighted by molar-refractivity contribution is -0.116. The molecule has 0 saturated heterocycles. The Bertz CT molecular complexity index is 475. The molecule has 1 rings (SSSR count). The molecule has 0 unspecified atom stereocenters. The third-order valence-electron chi connectivity index (χ3n) is 3.05. The van der Waals surface area contributed by atoms with Gasteiger partial charge < -0.3 is 16.0 Å². The Hall–Kier alpha value is -1.62. The molecule has 0 saturated carbocycles. The lowest BCUT2D eigenvalue weighted by Gasteiger charge is -2.28. The first-order chi connectivity index (χ1) is 9.81. The Balaban J connectivity index is 3.10. The van der Waals surface area contributed by atoms with Crippen molar-refractivity contribution in [1.29, 1.82) is 0 Å². The second-order valence-corrected chi connectivity index (χ2v) is 6.01. The number of benzene rings is 1. The Morgan fingerprint density at radius 1 is 1.33 bits per heavy atom. The third-order valence-corrected chi connectivity index (χ3v) is 3.05. The molecule has 0 spiro atoms. The highest BCUT2D eigenvalue weighted by molar-refractivity contribution is 5.80. The van der Waals surface area contributed by atoms with Crippen LogP contribution in [0.25, 0.3) is 0 Å². The smallest absolute Gasteiger partial charge is 0.236 e. The first-order valence-electron chi connectivity index (χ1n) is 7.35. The minimum absolute atomic E-state index is 0.0936. The minimum Gasteiger partial charge on any atom is -0.368 e. The van der Waals surface area contributed by atoms with Gasteiger partial charge in [-0.05, 0) is 18.1 Å². The zero-order valence-corrected chi connectivity index (χ0v) is 13.3. The molecular formula is C16H26FN3O. The molecule has 118 valence electrons. The Labute approximate surface area is 126 Å². The second kappa shape index (κ2) is 7.98. The maximum absolute atomic E-state index is 14.2. The maximum atomic E-state index is 14.2. The Morgan fingerprint density at radius 2 is 2.00 bits per heavy atom. The van der Waals surface area contributed by atoms with E-state index in [9.17, 15) is 9.18 Å². The van der Waals surface area contributed by atoms with Crippen LogP contribution < -0.4 is 16.0 Å². The fourth-order valence-electron chi connectivity index (χ4n) is 2.20. The van der Waals surface area contributed by atoms with Crippen LogP contribution in [-0.2, 0) is 11.3 Å². The van der Waals surface area contributed by atoms with Crippen LogP contribution in [0.4, 0.5) is 10.1 Å². The Morgan fingerprint density at radius 3 is 2.52 bits per heavy atom. The third kappa shape index (κ3) is 5.71. The maximum Gasteiger partial charge on any atom is 0.236 e. The van der Waals surface area contributed by atoms with Gasteiger partial charge in [0.15, 0.2) is 0 Å². The van der Waals surface area contributed by atoms with Gasteiger partial charge in [-0.3, -0.25) is 4.79 Å². The number of primary amides is 1. The molecule has 0 atom stereocenters. The molecule has 21 heavy (non-hydrogen) atoms. The molecule has 4 nitrogen and oxygen atoms in total. The van der Waals surface area contributed by atoms with Gasteiger partial charge >= 0.3 is 0 Å². The average Bonchev–Trinajstić information content (AvgIpc) is 2.34. The lowest BCUT2D eigenvalue weighted by atomic mass is 10.1. The van der Waals surface area contributed by atoms with Crippen LogP contribution in [0, 0.1) is 11.7 Å². The first kappa shape index (κ1) is 17.4. The van der Waals surface area contributed by atoms with Crippen LogP contribution in [0.1, 0.15) is 33.3 Å². The van der Waals surface area contributed by atoms with E-state index in [1.807, 2.05) is 24.8 Å². The normalized spacial score (nSPS) is 11.2. The van der Waals surface area contributed by atoms with Crippen LogP contribution in [0.2, 0.25) is 0 Å². The minimum atomic E-state index is -0.414. The summed E-state index contributed by atoms with van der Waals surface area (Å²) in [6.07, 6.45) is 0. The van der Waals surface area contributed by atoms with Crippen molar-refractivity contribution < 1.29 is 9.18 Å². The molecule has 0 radical (unpaired) electrons. The van der Waals surface area contributed by atoms with E-state index in [2.05, 4.69) is 19.2 Å². The molecular weight excluding hydrogens is 269 g/mol. The molecule has 0 fully saturated rings. The molecule has 3 N–H and O–H groups in total. The van der Waals surface area contributed by atoms with Gasteiger partial charge in [0.05, 0.1) is 6.54 Å². The summed E-state index contributed by atoms with van der Waals surface area (Å²) in [6, 6.07) is 5.20. The van der Waals surface area contributed by atoms with Crippen LogP contribution in [-0.4, -0.2) is 25.0 Å². The molecule has 0 aromatic heterocycles. The van der Waals surface area contributed by atoms with E-state index in [4.69, 9.17) is 5.73 Å². The van der Waals surface area contributed by atoms with Gasteiger partial charge in [0, 0.05) is 30.4 Å². The molecule has 1 amide bonds. The standard InChI is InChI=1S/C16H26FN3O/c1-11(2)9-20(10-16(18)21)15-7-5-6-14(17)13(15)8-19-12(3)4/h5-7,11-12,19H,8-10H2,1-4H3,(H2,18,21). The van der Waals surface area contributed by atoms with E-state index in [0.29, 0.717) is 24.6 Å². The van der Waals surface area contributed by atoms with Gasteiger partial charge in [-0.2, -0.15) is 0 Å². The average molecular weight is 295 g/mol. The number of hydrogen-bond donors (Lipinski definition) is 2. The molecule has 1 aromatic rings. The number of nitrogens with zero attached hydrogens (tertiary/aromatic N) is 1. The van der Waals surface area contributed by atoms with Crippen molar-refractivity contribution in [2.45, 2.75) is 40.3 Å². The summed E-state index contributed by atoms with van der Waals surface area (Å²) in [4.78, 5) is 13.2. The number of anilines is 1. The van der Waals surface area contributed by atoms with Crippen molar-refractivity contribution in [1.82, 2.24) is 5.32 Å². The SMILES string of the molecule is CC(C)CN(CC(N)=O)c1cccc(F)c1CNC(C)C. The van der Waals surface area contributed by atoms with E-state index in [1.165, 1.54) is 6.07 Å². The number of carbonyl (C=O) groups is 1. The summed E-state index contributed by atoms with van der Waals surface area (Å²) < 4.78 is 14.2. The van der Waals surface area contributed by atoms with E-state index in [-0.39, 0.29) is 18.4 Å². The molecule has 0 aliphatic heterocycles. The number of nitrogens with two attached hydrogens (primary N) is 1. The number of hydrogen-bond acceptors (Lipinski definition) is 3. The van der Waals surface area contributed by atoms with Crippen molar-refractivity contribution in [2.75, 3.05) is 18.0 Å². The number of amides is 1. The second-order valence-electron chi connectivity index (χ2n) is 6.01. The van der Waals surface area contributed by atoms with E-state index < -0.39 is 5.91 Å². The van der Waals surface area contributed by atoms with E-state index in [0.717, 1.165) is 5.69 Å². The first-order valence-corrected chi connectivity index (χ1v) is 7.35. The summed E-state index contributed by atoms with van der Waals surface area (Å²) in [5, 5.41) is 3.22. The van der Waals surface area contributed by atoms with Crippen molar-refractivity contribution in [3.8, 4) is 0 Å². The summed E-state index contributed by atoms with van der Waals surface area (Å²) in [6.45, 7) is 9.30. The zero-order chi connectivity index (χ0) is 16.0. The topological polar surface area (TPSA) is 58.4 Å². The van der Waals surface area contributed by atoms with Crippen LogP contribution >= 0.6 is 0 Å². The van der Waals surface area contributed by atoms with Gasteiger partial charge in [0.1, 0.15) is 5.82 Å². The predicted octanol–water partition coefficient (Wildman–Crippen LogP) is 2.27. The van der Waals surface area contributed by atoms with Gasteiger partial charge in [-0.15, -0.1) is 0 Å². The summed E-state index contributed by atoms with van der Waals surface area (Å²) in [7, 11) is 0. The number of nitrogens with one attached hydrogen (secondary N) is 1. The molecule has 5 heteroatoms. The largest absolute Gasteiger partial charge is 0.368 e.